The molecule has 2 rings (SSSR count). The standard InChI is InChI=1S/C10H11NO/c12-9-6-2-1-4-8-5-3-7-11-10(8)9/h1,3-6,11-12H,2,7H2. The highest BCUT2D eigenvalue weighted by molar-refractivity contribution is 5.46. The fourth-order valence-electron chi connectivity index (χ4n) is 1.39. The Morgan fingerprint density at radius 3 is 3.00 bits per heavy atom. The molecule has 2 nitrogen and oxygen atoms in total. The molecule has 0 saturated heterocycles. The summed E-state index contributed by atoms with van der Waals surface area (Å²) < 4.78 is 0. The van der Waals surface area contributed by atoms with Crippen LogP contribution in [0.3, 0.4) is 0 Å². The van der Waals surface area contributed by atoms with Crippen LogP contribution in [0.5, 0.6) is 0 Å². The lowest BCUT2D eigenvalue weighted by molar-refractivity contribution is 0.412. The maximum absolute atomic E-state index is 9.55. The lowest BCUT2D eigenvalue weighted by Gasteiger charge is -2.14. The third-order valence-electron chi connectivity index (χ3n) is 1.98. The summed E-state index contributed by atoms with van der Waals surface area (Å²) in [7, 11) is 0. The average molecular weight is 161 g/mol. The molecular formula is C10H11NO. The molecule has 1 heterocycles. The molecule has 2 N–H and O–H groups in total. The van der Waals surface area contributed by atoms with E-state index in [0.29, 0.717) is 5.76 Å². The second kappa shape index (κ2) is 2.89. The molecule has 1 aliphatic carbocycles. The number of nitrogens with one attached hydrogen (secondary N) is 1. The van der Waals surface area contributed by atoms with Gasteiger partial charge in [0, 0.05) is 12.1 Å². The predicted octanol–water partition coefficient (Wildman–Crippen LogP) is 1.80. The molecule has 0 fully saturated rings. The zero-order valence-electron chi connectivity index (χ0n) is 6.75. The van der Waals surface area contributed by atoms with Crippen LogP contribution in [-0.4, -0.2) is 11.7 Å². The number of rotatable bonds is 0. The topological polar surface area (TPSA) is 32.3 Å². The predicted molar refractivity (Wildman–Crippen MR) is 48.6 cm³/mol. The van der Waals surface area contributed by atoms with Gasteiger partial charge < -0.3 is 10.4 Å². The molecule has 0 radical (unpaired) electrons. The van der Waals surface area contributed by atoms with E-state index in [0.717, 1.165) is 24.2 Å². The largest absolute Gasteiger partial charge is 0.506 e. The highest BCUT2D eigenvalue weighted by Crippen LogP contribution is 2.19. The van der Waals surface area contributed by atoms with Gasteiger partial charge in [0.1, 0.15) is 5.76 Å². The molecule has 2 heteroatoms. The van der Waals surface area contributed by atoms with Crippen molar-refractivity contribution in [2.45, 2.75) is 6.42 Å². The van der Waals surface area contributed by atoms with Crippen molar-refractivity contribution in [1.29, 1.82) is 0 Å². The van der Waals surface area contributed by atoms with Crippen LogP contribution in [0.2, 0.25) is 0 Å². The molecule has 0 bridgehead atoms. The quantitative estimate of drug-likeness (QED) is 0.567. The third kappa shape index (κ3) is 1.16. The highest BCUT2D eigenvalue weighted by Gasteiger charge is 2.10. The van der Waals surface area contributed by atoms with E-state index in [9.17, 15) is 5.11 Å². The third-order valence-corrected chi connectivity index (χ3v) is 1.98. The van der Waals surface area contributed by atoms with Gasteiger partial charge in [-0.25, -0.2) is 0 Å². The van der Waals surface area contributed by atoms with Crippen LogP contribution < -0.4 is 5.32 Å². The fourth-order valence-corrected chi connectivity index (χ4v) is 1.39. The first-order valence-electron chi connectivity index (χ1n) is 4.08. The SMILES string of the molecule is OC1=CCC=CC2=C1NCC=C2. The van der Waals surface area contributed by atoms with Gasteiger partial charge in [-0.1, -0.05) is 24.3 Å². The molecule has 12 heavy (non-hydrogen) atoms. The number of dihydropyridines is 1. The van der Waals surface area contributed by atoms with Gasteiger partial charge in [0.15, 0.2) is 0 Å². The first-order chi connectivity index (χ1) is 5.88. The lowest BCUT2D eigenvalue weighted by Crippen LogP contribution is -2.19. The molecule has 62 valence electrons. The average Bonchev–Trinajstić information content (AvgIpc) is 2.29. The van der Waals surface area contributed by atoms with Crippen LogP contribution in [0, 0.1) is 0 Å². The molecule has 0 amide bonds. The molecule has 0 atom stereocenters. The van der Waals surface area contributed by atoms with Crippen LogP contribution in [0.25, 0.3) is 0 Å². The van der Waals surface area contributed by atoms with Gasteiger partial charge in [-0.2, -0.15) is 0 Å². The Morgan fingerprint density at radius 2 is 2.08 bits per heavy atom. The first kappa shape index (κ1) is 7.22. The van der Waals surface area contributed by atoms with Crippen LogP contribution in [0.15, 0.2) is 47.4 Å². The second-order valence-corrected chi connectivity index (χ2v) is 2.84. The van der Waals surface area contributed by atoms with Gasteiger partial charge in [-0.15, -0.1) is 0 Å². The Kier molecular flexibility index (Phi) is 1.74. The minimum Gasteiger partial charge on any atom is -0.506 e. The summed E-state index contributed by atoms with van der Waals surface area (Å²) in [4.78, 5) is 0. The van der Waals surface area contributed by atoms with Crippen LogP contribution >= 0.6 is 0 Å². The van der Waals surface area contributed by atoms with Gasteiger partial charge in [0.05, 0.1) is 5.70 Å². The Bertz CT molecular complexity index is 308. The molecule has 0 saturated carbocycles. The maximum Gasteiger partial charge on any atom is 0.135 e. The van der Waals surface area contributed by atoms with Crippen molar-refractivity contribution in [1.82, 2.24) is 5.32 Å². The lowest BCUT2D eigenvalue weighted by atomic mass is 10.1. The van der Waals surface area contributed by atoms with Gasteiger partial charge in [0.2, 0.25) is 0 Å². The van der Waals surface area contributed by atoms with E-state index in [-0.39, 0.29) is 0 Å². The first-order valence-corrected chi connectivity index (χ1v) is 4.08. The molecule has 0 aromatic rings. The van der Waals surface area contributed by atoms with Gasteiger partial charge in [-0.3, -0.25) is 0 Å². The van der Waals surface area contributed by atoms with E-state index in [4.69, 9.17) is 0 Å². The number of aliphatic hydroxyl groups excluding tert-OH is 1. The molecule has 0 aromatic carbocycles. The summed E-state index contributed by atoms with van der Waals surface area (Å²) in [6.07, 6.45) is 10.7. The van der Waals surface area contributed by atoms with Crippen LogP contribution in [0.4, 0.5) is 0 Å². The van der Waals surface area contributed by atoms with Crippen molar-refractivity contribution in [3.63, 3.8) is 0 Å². The summed E-state index contributed by atoms with van der Waals surface area (Å²) in [6.45, 7) is 0.796. The normalized spacial score (nSPS) is 21.2. The van der Waals surface area contributed by atoms with E-state index in [1.165, 1.54) is 0 Å². The molecule has 2 aliphatic rings. The Morgan fingerprint density at radius 1 is 1.25 bits per heavy atom. The van der Waals surface area contributed by atoms with Gasteiger partial charge in [-0.05, 0) is 12.5 Å². The number of aliphatic hydroxyl groups is 1. The van der Waals surface area contributed by atoms with E-state index in [2.05, 4.69) is 5.32 Å². The zero-order chi connectivity index (χ0) is 8.39. The summed E-state index contributed by atoms with van der Waals surface area (Å²) in [5, 5.41) is 12.7. The van der Waals surface area contributed by atoms with Crippen molar-refractivity contribution < 1.29 is 5.11 Å². The van der Waals surface area contributed by atoms with E-state index >= 15 is 0 Å². The number of hydrogen-bond donors (Lipinski definition) is 2. The van der Waals surface area contributed by atoms with Crippen molar-refractivity contribution >= 4 is 0 Å². The maximum atomic E-state index is 9.55. The van der Waals surface area contributed by atoms with E-state index < -0.39 is 0 Å². The van der Waals surface area contributed by atoms with Crippen LogP contribution in [0.1, 0.15) is 6.42 Å². The minimum atomic E-state index is 0.361. The Hall–Kier alpha value is -1.44. The van der Waals surface area contributed by atoms with Crippen molar-refractivity contribution in [2.75, 3.05) is 6.54 Å². The van der Waals surface area contributed by atoms with E-state index in [1.54, 1.807) is 0 Å². The minimum absolute atomic E-state index is 0.361. The summed E-state index contributed by atoms with van der Waals surface area (Å²) >= 11 is 0. The van der Waals surface area contributed by atoms with Crippen molar-refractivity contribution in [2.24, 2.45) is 0 Å². The fraction of sp³-hybridized carbons (Fsp3) is 0.200. The summed E-state index contributed by atoms with van der Waals surface area (Å²) in [5.41, 5.74) is 1.92. The van der Waals surface area contributed by atoms with Crippen LogP contribution in [-0.2, 0) is 0 Å². The molecular weight excluding hydrogens is 150 g/mol. The summed E-state index contributed by atoms with van der Waals surface area (Å²) in [6, 6.07) is 0. The smallest absolute Gasteiger partial charge is 0.135 e. The van der Waals surface area contributed by atoms with Crippen molar-refractivity contribution in [3.05, 3.63) is 47.4 Å². The number of hydrogen-bond acceptors (Lipinski definition) is 2. The van der Waals surface area contributed by atoms with Crippen molar-refractivity contribution in [3.8, 4) is 0 Å². The highest BCUT2D eigenvalue weighted by atomic mass is 16.3. The second-order valence-electron chi connectivity index (χ2n) is 2.84. The van der Waals surface area contributed by atoms with Gasteiger partial charge >= 0.3 is 0 Å². The number of allylic oxidation sites excluding steroid dienone is 5. The van der Waals surface area contributed by atoms with E-state index in [1.807, 2.05) is 30.4 Å². The zero-order valence-corrected chi connectivity index (χ0v) is 6.75. The molecule has 0 aromatic heterocycles. The Labute approximate surface area is 71.6 Å². The Balaban J connectivity index is 2.45. The summed E-state index contributed by atoms with van der Waals surface area (Å²) in [5.74, 6) is 0.361. The molecule has 1 aliphatic heterocycles. The van der Waals surface area contributed by atoms with Gasteiger partial charge in [0.25, 0.3) is 0 Å². The monoisotopic (exact) mass is 161 g/mol. The molecule has 0 unspecified atom stereocenters. The molecule has 0 spiro atoms.